The molecule has 1 N–H and O–H groups in total. The van der Waals surface area contributed by atoms with Crippen LogP contribution in [0.3, 0.4) is 0 Å². The highest BCUT2D eigenvalue weighted by Gasteiger charge is 2.31. The standard InChI is InChI=1S/C17H12ClNO4/c1-9-13(17(22)23)15-12(20)8-7-11(18)14(15)16(21)19(9)10-5-3-2-4-6-10/h2-7H,8H2,1H3,(H,22,23). The number of para-hydroxylation sites is 1. The van der Waals surface area contributed by atoms with E-state index in [0.717, 1.165) is 0 Å². The molecule has 0 atom stereocenters. The van der Waals surface area contributed by atoms with Crippen molar-refractivity contribution in [2.45, 2.75) is 13.3 Å². The molecule has 0 amide bonds. The molecule has 1 aromatic carbocycles. The van der Waals surface area contributed by atoms with Gasteiger partial charge < -0.3 is 5.11 Å². The molecule has 2 aromatic rings. The van der Waals surface area contributed by atoms with Crippen LogP contribution in [0.5, 0.6) is 0 Å². The fraction of sp³-hybridized carbons (Fsp3) is 0.118. The zero-order chi connectivity index (χ0) is 16.7. The zero-order valence-corrected chi connectivity index (χ0v) is 12.9. The van der Waals surface area contributed by atoms with Gasteiger partial charge in [0, 0.05) is 23.4 Å². The summed E-state index contributed by atoms with van der Waals surface area (Å²) in [6.45, 7) is 1.51. The van der Waals surface area contributed by atoms with E-state index < -0.39 is 17.3 Å². The largest absolute Gasteiger partial charge is 0.478 e. The Labute approximate surface area is 136 Å². The summed E-state index contributed by atoms with van der Waals surface area (Å²) in [5.74, 6) is -1.68. The summed E-state index contributed by atoms with van der Waals surface area (Å²) in [7, 11) is 0. The summed E-state index contributed by atoms with van der Waals surface area (Å²) in [5.41, 5.74) is -0.105. The van der Waals surface area contributed by atoms with Gasteiger partial charge in [-0.3, -0.25) is 14.2 Å². The van der Waals surface area contributed by atoms with Crippen LogP contribution in [0.15, 0.2) is 41.2 Å². The lowest BCUT2D eigenvalue weighted by Gasteiger charge is -2.20. The minimum Gasteiger partial charge on any atom is -0.478 e. The molecule has 0 saturated carbocycles. The highest BCUT2D eigenvalue weighted by molar-refractivity contribution is 6.50. The van der Waals surface area contributed by atoms with E-state index in [-0.39, 0.29) is 33.8 Å². The number of carboxylic acids is 1. The van der Waals surface area contributed by atoms with Crippen molar-refractivity contribution in [1.29, 1.82) is 0 Å². The first kappa shape index (κ1) is 15.2. The number of rotatable bonds is 2. The third kappa shape index (κ3) is 2.29. The van der Waals surface area contributed by atoms with Crippen molar-refractivity contribution in [1.82, 2.24) is 4.57 Å². The number of allylic oxidation sites excluding steroid dienone is 1. The number of carboxylic acid groups (broad SMARTS) is 1. The Hall–Kier alpha value is -2.66. The van der Waals surface area contributed by atoms with Gasteiger partial charge in [-0.2, -0.15) is 0 Å². The molecule has 1 aromatic heterocycles. The summed E-state index contributed by atoms with van der Waals surface area (Å²) in [6, 6.07) is 8.65. The predicted molar refractivity (Wildman–Crippen MR) is 86.5 cm³/mol. The Morgan fingerprint density at radius 3 is 2.43 bits per heavy atom. The number of fused-ring (bicyclic) bond motifs is 1. The fourth-order valence-electron chi connectivity index (χ4n) is 2.83. The smallest absolute Gasteiger partial charge is 0.338 e. The number of aromatic carboxylic acids is 1. The number of benzene rings is 1. The molecule has 0 unspecified atom stereocenters. The number of ketones is 1. The maximum absolute atomic E-state index is 12.9. The number of carbonyl (C=O) groups is 2. The molecule has 0 bridgehead atoms. The third-order valence-corrected chi connectivity index (χ3v) is 4.17. The van der Waals surface area contributed by atoms with E-state index in [1.165, 1.54) is 17.6 Å². The number of hydrogen-bond acceptors (Lipinski definition) is 3. The van der Waals surface area contributed by atoms with E-state index in [2.05, 4.69) is 0 Å². The van der Waals surface area contributed by atoms with E-state index >= 15 is 0 Å². The fourth-order valence-corrected chi connectivity index (χ4v) is 3.08. The van der Waals surface area contributed by atoms with Crippen molar-refractivity contribution >= 4 is 28.4 Å². The van der Waals surface area contributed by atoms with Gasteiger partial charge >= 0.3 is 5.97 Å². The number of halogens is 1. The average Bonchev–Trinajstić information content (AvgIpc) is 2.51. The van der Waals surface area contributed by atoms with Gasteiger partial charge in [0.2, 0.25) is 0 Å². The van der Waals surface area contributed by atoms with Gasteiger partial charge in [0.15, 0.2) is 5.78 Å². The van der Waals surface area contributed by atoms with Gasteiger partial charge in [0.25, 0.3) is 5.56 Å². The van der Waals surface area contributed by atoms with Crippen molar-refractivity contribution in [3.05, 3.63) is 69.1 Å². The summed E-state index contributed by atoms with van der Waals surface area (Å²) in [6.07, 6.45) is 1.42. The molecule has 0 saturated heterocycles. The summed E-state index contributed by atoms with van der Waals surface area (Å²) in [5, 5.41) is 9.67. The molecule has 0 fully saturated rings. The highest BCUT2D eigenvalue weighted by Crippen LogP contribution is 2.31. The van der Waals surface area contributed by atoms with Crippen molar-refractivity contribution in [2.24, 2.45) is 0 Å². The number of hydrogen-bond donors (Lipinski definition) is 1. The van der Waals surface area contributed by atoms with Crippen LogP contribution in [-0.4, -0.2) is 21.4 Å². The maximum Gasteiger partial charge on any atom is 0.338 e. The molecular formula is C17H12ClNO4. The van der Waals surface area contributed by atoms with Gasteiger partial charge in [0.1, 0.15) is 0 Å². The molecule has 0 aliphatic heterocycles. The number of aromatic nitrogens is 1. The van der Waals surface area contributed by atoms with Crippen LogP contribution in [0.1, 0.15) is 38.4 Å². The van der Waals surface area contributed by atoms with Crippen molar-refractivity contribution in [3.8, 4) is 5.69 Å². The SMILES string of the molecule is Cc1c(C(=O)O)c2c(c(=O)n1-c1ccccc1)C(Cl)=CCC2=O. The van der Waals surface area contributed by atoms with Crippen LogP contribution < -0.4 is 5.56 Å². The number of carbonyl (C=O) groups excluding carboxylic acids is 1. The Bertz CT molecular complexity index is 926. The van der Waals surface area contributed by atoms with E-state index in [1.807, 2.05) is 0 Å². The first-order valence-electron chi connectivity index (χ1n) is 6.91. The van der Waals surface area contributed by atoms with Gasteiger partial charge in [-0.1, -0.05) is 35.9 Å². The molecule has 1 aliphatic carbocycles. The lowest BCUT2D eigenvalue weighted by molar-refractivity contribution is 0.0690. The van der Waals surface area contributed by atoms with Gasteiger partial charge in [-0.25, -0.2) is 4.79 Å². The molecule has 6 heteroatoms. The van der Waals surface area contributed by atoms with Gasteiger partial charge in [-0.15, -0.1) is 0 Å². The van der Waals surface area contributed by atoms with Crippen LogP contribution in [0, 0.1) is 6.92 Å². The van der Waals surface area contributed by atoms with E-state index in [1.54, 1.807) is 30.3 Å². The zero-order valence-electron chi connectivity index (χ0n) is 12.2. The molecule has 0 radical (unpaired) electrons. The maximum atomic E-state index is 12.9. The molecule has 1 heterocycles. The van der Waals surface area contributed by atoms with E-state index in [0.29, 0.717) is 5.69 Å². The second-order valence-corrected chi connectivity index (χ2v) is 5.58. The van der Waals surface area contributed by atoms with Gasteiger partial charge in [0.05, 0.1) is 16.2 Å². The predicted octanol–water partition coefficient (Wildman–Crippen LogP) is 3.01. The first-order valence-corrected chi connectivity index (χ1v) is 7.28. The first-order chi connectivity index (χ1) is 10.9. The normalized spacial score (nSPS) is 13.5. The second-order valence-electron chi connectivity index (χ2n) is 5.17. The number of pyridine rings is 1. The van der Waals surface area contributed by atoms with Crippen molar-refractivity contribution in [3.63, 3.8) is 0 Å². The Kier molecular flexibility index (Phi) is 3.66. The minimum atomic E-state index is -1.26. The van der Waals surface area contributed by atoms with Crippen molar-refractivity contribution in [2.75, 3.05) is 0 Å². The monoisotopic (exact) mass is 329 g/mol. The van der Waals surface area contributed by atoms with Crippen LogP contribution >= 0.6 is 11.6 Å². The number of Topliss-reactive ketones (excluding diaryl/α,β-unsaturated/α-hetero) is 1. The third-order valence-electron chi connectivity index (χ3n) is 3.83. The van der Waals surface area contributed by atoms with Crippen LogP contribution in [-0.2, 0) is 0 Å². The molecule has 5 nitrogen and oxygen atoms in total. The molecule has 116 valence electrons. The molecule has 23 heavy (non-hydrogen) atoms. The average molecular weight is 330 g/mol. The molecule has 0 spiro atoms. The summed E-state index contributed by atoms with van der Waals surface area (Å²) >= 11 is 6.11. The summed E-state index contributed by atoms with van der Waals surface area (Å²) in [4.78, 5) is 36.8. The van der Waals surface area contributed by atoms with E-state index in [9.17, 15) is 19.5 Å². The lowest BCUT2D eigenvalue weighted by Crippen LogP contribution is -2.31. The Morgan fingerprint density at radius 2 is 1.83 bits per heavy atom. The van der Waals surface area contributed by atoms with Crippen LogP contribution in [0.4, 0.5) is 0 Å². The molecule has 3 rings (SSSR count). The lowest BCUT2D eigenvalue weighted by atomic mass is 9.91. The highest BCUT2D eigenvalue weighted by atomic mass is 35.5. The Balaban J connectivity index is 2.51. The second kappa shape index (κ2) is 5.52. The number of nitrogens with zero attached hydrogens (tertiary/aromatic N) is 1. The van der Waals surface area contributed by atoms with Crippen LogP contribution in [0.2, 0.25) is 0 Å². The van der Waals surface area contributed by atoms with Crippen molar-refractivity contribution < 1.29 is 14.7 Å². The minimum absolute atomic E-state index is 0.0135. The topological polar surface area (TPSA) is 76.4 Å². The Morgan fingerprint density at radius 1 is 1.17 bits per heavy atom. The van der Waals surface area contributed by atoms with Gasteiger partial charge in [-0.05, 0) is 19.1 Å². The summed E-state index contributed by atoms with van der Waals surface area (Å²) < 4.78 is 1.27. The molecular weight excluding hydrogens is 318 g/mol. The van der Waals surface area contributed by atoms with Crippen LogP contribution in [0.25, 0.3) is 10.7 Å². The quantitative estimate of drug-likeness (QED) is 0.918. The molecule has 1 aliphatic rings. The van der Waals surface area contributed by atoms with E-state index in [4.69, 9.17) is 11.6 Å².